The van der Waals surface area contributed by atoms with E-state index in [-0.39, 0.29) is 17.7 Å². The number of carbonyl (C=O) groups is 1. The summed E-state index contributed by atoms with van der Waals surface area (Å²) in [5.74, 6) is -2.04. The summed E-state index contributed by atoms with van der Waals surface area (Å²) in [4.78, 5) is 23.4. The van der Waals surface area contributed by atoms with E-state index in [9.17, 15) is 18.4 Å². The maximum Gasteiger partial charge on any atom is 0.265 e. The van der Waals surface area contributed by atoms with Gasteiger partial charge < -0.3 is 5.73 Å². The van der Waals surface area contributed by atoms with E-state index in [4.69, 9.17) is 5.73 Å². The summed E-state index contributed by atoms with van der Waals surface area (Å²) in [5.41, 5.74) is 4.87. The molecule has 0 atom stereocenters. The van der Waals surface area contributed by atoms with Gasteiger partial charge in [-0.05, 0) is 30.2 Å². The molecule has 2 N–H and O–H groups in total. The predicted molar refractivity (Wildman–Crippen MR) is 74.1 cm³/mol. The molecule has 4 nitrogen and oxygen atoms in total. The van der Waals surface area contributed by atoms with E-state index in [0.717, 1.165) is 4.57 Å². The van der Waals surface area contributed by atoms with E-state index in [1.54, 1.807) is 6.92 Å². The first-order valence-corrected chi connectivity index (χ1v) is 6.40. The molecular weight excluding hydrogens is 278 g/mol. The highest BCUT2D eigenvalue weighted by Crippen LogP contribution is 2.11. The van der Waals surface area contributed by atoms with Crippen LogP contribution in [-0.2, 0) is 13.0 Å². The summed E-state index contributed by atoms with van der Waals surface area (Å²) >= 11 is 0. The Morgan fingerprint density at radius 1 is 1.24 bits per heavy atom. The first kappa shape index (κ1) is 14.9. The van der Waals surface area contributed by atoms with Gasteiger partial charge in [-0.25, -0.2) is 4.39 Å². The zero-order chi connectivity index (χ0) is 15.6. The number of aromatic nitrogens is 1. The fourth-order valence-corrected chi connectivity index (χ4v) is 2.04. The minimum atomic E-state index is -0.900. The highest BCUT2D eigenvalue weighted by Gasteiger charge is 2.17. The quantitative estimate of drug-likeness (QED) is 0.874. The summed E-state index contributed by atoms with van der Waals surface area (Å²) < 4.78 is 28.0. The lowest BCUT2D eigenvalue weighted by Crippen LogP contribution is -2.32. The molecule has 1 aromatic carbocycles. The summed E-state index contributed by atoms with van der Waals surface area (Å²) in [5, 5.41) is 0. The normalized spacial score (nSPS) is 10.6. The number of amides is 1. The number of aryl methyl sites for hydroxylation is 1. The van der Waals surface area contributed by atoms with Crippen molar-refractivity contribution < 1.29 is 13.6 Å². The number of primary amides is 1. The number of nitrogens with two attached hydrogens (primary N) is 1. The Morgan fingerprint density at radius 2 is 1.86 bits per heavy atom. The highest BCUT2D eigenvalue weighted by molar-refractivity contribution is 5.92. The monoisotopic (exact) mass is 292 g/mol. The second kappa shape index (κ2) is 5.87. The fourth-order valence-electron chi connectivity index (χ4n) is 2.04. The summed E-state index contributed by atoms with van der Waals surface area (Å²) in [6.45, 7) is 1.61. The third kappa shape index (κ3) is 2.99. The third-order valence-corrected chi connectivity index (χ3v) is 3.20. The number of hydrogen-bond acceptors (Lipinski definition) is 2. The Kier molecular flexibility index (Phi) is 4.16. The lowest BCUT2D eigenvalue weighted by molar-refractivity contribution is 0.0998. The van der Waals surface area contributed by atoms with E-state index < -0.39 is 23.2 Å². The van der Waals surface area contributed by atoms with Gasteiger partial charge >= 0.3 is 0 Å². The molecule has 0 unspecified atom stereocenters. The van der Waals surface area contributed by atoms with Gasteiger partial charge in [-0.15, -0.1) is 0 Å². The number of carbonyl (C=O) groups excluding carboxylic acids is 1. The number of rotatable bonds is 4. The van der Waals surface area contributed by atoms with E-state index in [1.165, 1.54) is 30.3 Å². The number of halogens is 2. The fraction of sp³-hybridized carbons (Fsp3) is 0.200. The van der Waals surface area contributed by atoms with E-state index >= 15 is 0 Å². The van der Waals surface area contributed by atoms with Crippen LogP contribution in [0.1, 0.15) is 28.4 Å². The van der Waals surface area contributed by atoms with E-state index in [1.807, 2.05) is 0 Å². The first-order chi connectivity index (χ1) is 9.93. The van der Waals surface area contributed by atoms with Crippen molar-refractivity contribution in [3.63, 3.8) is 0 Å². The number of nitrogens with zero attached hydrogens (tertiary/aromatic N) is 1. The van der Waals surface area contributed by atoms with Gasteiger partial charge in [-0.2, -0.15) is 4.39 Å². The van der Waals surface area contributed by atoms with Crippen LogP contribution >= 0.6 is 0 Å². The van der Waals surface area contributed by atoms with Crippen LogP contribution in [-0.4, -0.2) is 10.5 Å². The van der Waals surface area contributed by atoms with Crippen molar-refractivity contribution in [2.45, 2.75) is 19.9 Å². The molecule has 2 aromatic rings. The average Bonchev–Trinajstić information content (AvgIpc) is 2.45. The van der Waals surface area contributed by atoms with Gasteiger partial charge in [-0.1, -0.05) is 19.1 Å². The minimum absolute atomic E-state index is 0.0981. The second-order valence-corrected chi connectivity index (χ2v) is 4.61. The van der Waals surface area contributed by atoms with Gasteiger partial charge in [0.2, 0.25) is 0 Å². The molecule has 0 aliphatic rings. The van der Waals surface area contributed by atoms with Crippen molar-refractivity contribution in [2.75, 3.05) is 0 Å². The predicted octanol–water partition coefficient (Wildman–Crippen LogP) is 1.84. The Morgan fingerprint density at radius 3 is 2.38 bits per heavy atom. The molecule has 0 saturated carbocycles. The van der Waals surface area contributed by atoms with Gasteiger partial charge in [0.1, 0.15) is 11.4 Å². The Balaban J connectivity index is 2.56. The van der Waals surface area contributed by atoms with Crippen molar-refractivity contribution in [3.05, 3.63) is 69.1 Å². The van der Waals surface area contributed by atoms with Crippen LogP contribution in [0.2, 0.25) is 0 Å². The molecule has 1 heterocycles. The second-order valence-electron chi connectivity index (χ2n) is 4.61. The van der Waals surface area contributed by atoms with E-state index in [0.29, 0.717) is 12.0 Å². The van der Waals surface area contributed by atoms with Gasteiger partial charge in [0.25, 0.3) is 11.5 Å². The molecule has 21 heavy (non-hydrogen) atoms. The zero-order valence-electron chi connectivity index (χ0n) is 11.4. The third-order valence-electron chi connectivity index (χ3n) is 3.20. The Bertz CT molecular complexity index is 737. The van der Waals surface area contributed by atoms with Crippen molar-refractivity contribution >= 4 is 5.91 Å². The van der Waals surface area contributed by atoms with Crippen molar-refractivity contribution in [1.82, 2.24) is 4.57 Å². The number of hydrogen-bond donors (Lipinski definition) is 1. The minimum Gasteiger partial charge on any atom is -0.365 e. The smallest absolute Gasteiger partial charge is 0.265 e. The average molecular weight is 292 g/mol. The molecule has 0 saturated heterocycles. The van der Waals surface area contributed by atoms with E-state index in [2.05, 4.69) is 0 Å². The van der Waals surface area contributed by atoms with Crippen LogP contribution in [0.4, 0.5) is 8.78 Å². The molecule has 110 valence electrons. The van der Waals surface area contributed by atoms with Crippen LogP contribution in [0.5, 0.6) is 0 Å². The van der Waals surface area contributed by atoms with Crippen molar-refractivity contribution in [3.8, 4) is 0 Å². The molecule has 0 aliphatic heterocycles. The van der Waals surface area contributed by atoms with Crippen LogP contribution < -0.4 is 11.3 Å². The Hall–Kier alpha value is -2.50. The lowest BCUT2D eigenvalue weighted by atomic mass is 10.1. The number of pyridine rings is 1. The molecule has 0 spiro atoms. The molecule has 2 rings (SSSR count). The molecule has 1 aromatic heterocycles. The van der Waals surface area contributed by atoms with Gasteiger partial charge in [0, 0.05) is 5.56 Å². The molecule has 0 radical (unpaired) electrons. The van der Waals surface area contributed by atoms with Crippen LogP contribution in [0, 0.1) is 11.8 Å². The molecule has 0 fully saturated rings. The highest BCUT2D eigenvalue weighted by atomic mass is 19.1. The maximum absolute atomic E-state index is 14.3. The zero-order valence-corrected chi connectivity index (χ0v) is 11.4. The molecule has 1 amide bonds. The standard InChI is InChI=1S/C15H14F2N2O2/c1-2-10-7-12(14(18)20)15(21)19(13(10)17)8-9-3-5-11(16)6-4-9/h3-7H,2,8H2,1H3,(H2,18,20). The Labute approximate surface area is 119 Å². The summed E-state index contributed by atoms with van der Waals surface area (Å²) in [7, 11) is 0. The summed E-state index contributed by atoms with van der Waals surface area (Å²) in [6, 6.07) is 6.52. The molecule has 0 bridgehead atoms. The lowest BCUT2D eigenvalue weighted by Gasteiger charge is -2.12. The van der Waals surface area contributed by atoms with Crippen molar-refractivity contribution in [1.29, 1.82) is 0 Å². The maximum atomic E-state index is 14.3. The topological polar surface area (TPSA) is 65.1 Å². The molecular formula is C15H14F2N2O2. The molecule has 6 heteroatoms. The van der Waals surface area contributed by atoms with Gasteiger partial charge in [0.05, 0.1) is 6.54 Å². The number of benzene rings is 1. The molecule has 0 aliphatic carbocycles. The summed E-state index contributed by atoms with van der Waals surface area (Å²) in [6.07, 6.45) is 0.315. The SMILES string of the molecule is CCc1cc(C(N)=O)c(=O)n(Cc2ccc(F)cc2)c1F. The van der Waals surface area contributed by atoms with Gasteiger partial charge in [-0.3, -0.25) is 14.2 Å². The van der Waals surface area contributed by atoms with Crippen LogP contribution in [0.3, 0.4) is 0 Å². The van der Waals surface area contributed by atoms with Crippen molar-refractivity contribution in [2.24, 2.45) is 5.73 Å². The van der Waals surface area contributed by atoms with Crippen LogP contribution in [0.25, 0.3) is 0 Å². The first-order valence-electron chi connectivity index (χ1n) is 6.40. The van der Waals surface area contributed by atoms with Crippen LogP contribution in [0.15, 0.2) is 35.1 Å². The van der Waals surface area contributed by atoms with Gasteiger partial charge in [0.15, 0.2) is 5.95 Å². The largest absolute Gasteiger partial charge is 0.365 e.